The van der Waals surface area contributed by atoms with Gasteiger partial charge in [0.15, 0.2) is 0 Å². The van der Waals surface area contributed by atoms with Gasteiger partial charge >= 0.3 is 0 Å². The molecule has 0 bridgehead atoms. The predicted molar refractivity (Wildman–Crippen MR) is 68.6 cm³/mol. The van der Waals surface area contributed by atoms with E-state index in [1.165, 1.54) is 0 Å². The van der Waals surface area contributed by atoms with Crippen molar-refractivity contribution in [3.8, 4) is 11.8 Å². The molecule has 0 aliphatic carbocycles. The van der Waals surface area contributed by atoms with Gasteiger partial charge in [0.1, 0.15) is 11.7 Å². The van der Waals surface area contributed by atoms with E-state index in [0.29, 0.717) is 13.0 Å². The van der Waals surface area contributed by atoms with Crippen LogP contribution in [0.25, 0.3) is 0 Å². The van der Waals surface area contributed by atoms with E-state index in [9.17, 15) is 5.11 Å². The molecule has 4 heteroatoms. The van der Waals surface area contributed by atoms with Crippen molar-refractivity contribution in [1.82, 2.24) is 0 Å². The Labute approximate surface area is 104 Å². The summed E-state index contributed by atoms with van der Waals surface area (Å²) in [5.41, 5.74) is -1.02. The van der Waals surface area contributed by atoms with Crippen molar-refractivity contribution in [2.75, 3.05) is 6.61 Å². The van der Waals surface area contributed by atoms with Gasteiger partial charge in [-0.05, 0) is 27.2 Å². The van der Waals surface area contributed by atoms with E-state index >= 15 is 0 Å². The Kier molecular flexibility index (Phi) is 7.09. The summed E-state index contributed by atoms with van der Waals surface area (Å²) in [7, 11) is 0. The Morgan fingerprint density at radius 1 is 1.38 bits per heavy atom. The lowest BCUT2D eigenvalue weighted by Gasteiger charge is -2.17. The zero-order chi connectivity index (χ0) is 12.8. The van der Waals surface area contributed by atoms with Crippen LogP contribution < -0.4 is 0 Å². The summed E-state index contributed by atoms with van der Waals surface area (Å²) in [5, 5.41) is 18.5. The fourth-order valence-corrected chi connectivity index (χ4v) is 1.08. The molecule has 0 aliphatic rings. The summed E-state index contributed by atoms with van der Waals surface area (Å²) in [4.78, 5) is 0. The van der Waals surface area contributed by atoms with Crippen LogP contribution in [-0.4, -0.2) is 39.9 Å². The van der Waals surface area contributed by atoms with Gasteiger partial charge in [-0.3, -0.25) is 0 Å². The molecule has 0 aromatic carbocycles. The van der Waals surface area contributed by atoms with Crippen molar-refractivity contribution in [2.24, 2.45) is 0 Å². The Morgan fingerprint density at radius 2 is 1.94 bits per heavy atom. The van der Waals surface area contributed by atoms with Crippen LogP contribution in [0.3, 0.4) is 0 Å². The van der Waals surface area contributed by atoms with Crippen molar-refractivity contribution >= 4 is 12.6 Å². The highest BCUT2D eigenvalue weighted by Gasteiger charge is 2.13. The normalized spacial score (nSPS) is 17.2. The molecule has 94 valence electrons. The lowest BCUT2D eigenvalue weighted by molar-refractivity contribution is 0.0610. The first-order chi connectivity index (χ1) is 7.22. The maximum atomic E-state index is 9.47. The lowest BCUT2D eigenvalue weighted by Crippen LogP contribution is -2.24. The van der Waals surface area contributed by atoms with E-state index < -0.39 is 5.60 Å². The number of thiol groups is 1. The van der Waals surface area contributed by atoms with Gasteiger partial charge in [-0.15, -0.1) is 0 Å². The van der Waals surface area contributed by atoms with Gasteiger partial charge in [-0.2, -0.15) is 12.6 Å². The molecule has 3 nitrogen and oxygen atoms in total. The zero-order valence-electron chi connectivity index (χ0n) is 10.4. The van der Waals surface area contributed by atoms with E-state index in [0.717, 1.165) is 0 Å². The van der Waals surface area contributed by atoms with Crippen LogP contribution in [0.2, 0.25) is 0 Å². The number of aliphatic hydroxyl groups excluding tert-OH is 1. The topological polar surface area (TPSA) is 49.7 Å². The van der Waals surface area contributed by atoms with Crippen LogP contribution in [0.15, 0.2) is 0 Å². The molecule has 0 aliphatic heterocycles. The predicted octanol–water partition coefficient (Wildman–Crippen LogP) is 1.24. The molecular formula is C12H22O3S. The Bertz CT molecular complexity index is 245. The molecule has 0 rings (SSSR count). The van der Waals surface area contributed by atoms with Crippen LogP contribution in [0, 0.1) is 11.8 Å². The second kappa shape index (κ2) is 7.18. The van der Waals surface area contributed by atoms with Gasteiger partial charge in [0.05, 0.1) is 12.7 Å². The van der Waals surface area contributed by atoms with Crippen LogP contribution in [-0.2, 0) is 4.74 Å². The SMILES string of the molecule is C[C@H](O)CCO[C@H](C#CC(C)(C)O)[C@@H](C)S. The van der Waals surface area contributed by atoms with Crippen molar-refractivity contribution in [3.05, 3.63) is 0 Å². The van der Waals surface area contributed by atoms with E-state index in [-0.39, 0.29) is 17.5 Å². The minimum Gasteiger partial charge on any atom is -0.393 e. The molecule has 2 N–H and O–H groups in total. The Morgan fingerprint density at radius 3 is 2.31 bits per heavy atom. The quantitative estimate of drug-likeness (QED) is 0.505. The van der Waals surface area contributed by atoms with E-state index in [1.54, 1.807) is 20.8 Å². The van der Waals surface area contributed by atoms with Crippen LogP contribution in [0.4, 0.5) is 0 Å². The van der Waals surface area contributed by atoms with Gasteiger partial charge in [-0.1, -0.05) is 18.8 Å². The Balaban J connectivity index is 4.22. The average Bonchev–Trinajstić information content (AvgIpc) is 2.07. The van der Waals surface area contributed by atoms with Crippen LogP contribution in [0.5, 0.6) is 0 Å². The highest BCUT2D eigenvalue weighted by molar-refractivity contribution is 7.81. The van der Waals surface area contributed by atoms with Gasteiger partial charge in [-0.25, -0.2) is 0 Å². The highest BCUT2D eigenvalue weighted by atomic mass is 32.1. The number of rotatable bonds is 5. The molecular weight excluding hydrogens is 224 g/mol. The van der Waals surface area contributed by atoms with Crippen LogP contribution >= 0.6 is 12.6 Å². The van der Waals surface area contributed by atoms with Crippen LogP contribution in [0.1, 0.15) is 34.1 Å². The third-order valence-corrected chi connectivity index (χ3v) is 2.06. The summed E-state index contributed by atoms with van der Waals surface area (Å²) in [6, 6.07) is 0. The second-order valence-electron chi connectivity index (χ2n) is 4.50. The molecule has 0 aromatic heterocycles. The summed E-state index contributed by atoms with van der Waals surface area (Å²) in [6.45, 7) is 7.28. The third kappa shape index (κ3) is 9.05. The standard InChI is InChI=1S/C12H22O3S/c1-9(13)6-8-15-11(10(2)16)5-7-12(3,4)14/h9-11,13-14,16H,6,8H2,1-4H3/t9-,10+,11+/m0/s1. The second-order valence-corrected chi connectivity index (χ2v) is 5.31. The molecule has 0 saturated carbocycles. The van der Waals surface area contributed by atoms with Gasteiger partial charge in [0, 0.05) is 5.25 Å². The number of ether oxygens (including phenoxy) is 1. The molecule has 0 aromatic rings. The van der Waals surface area contributed by atoms with Gasteiger partial charge < -0.3 is 14.9 Å². The maximum absolute atomic E-state index is 9.47. The molecule has 0 amide bonds. The smallest absolute Gasteiger partial charge is 0.129 e. The van der Waals surface area contributed by atoms with Crippen molar-refractivity contribution < 1.29 is 14.9 Å². The molecule has 0 fully saturated rings. The minimum absolute atomic E-state index is 0.0381. The number of aliphatic hydroxyl groups is 2. The molecule has 0 spiro atoms. The average molecular weight is 246 g/mol. The summed E-state index contributed by atoms with van der Waals surface area (Å²) < 4.78 is 5.49. The van der Waals surface area contributed by atoms with E-state index in [1.807, 2.05) is 6.92 Å². The van der Waals surface area contributed by atoms with Crippen molar-refractivity contribution in [1.29, 1.82) is 0 Å². The third-order valence-electron chi connectivity index (χ3n) is 1.79. The number of hydrogen-bond acceptors (Lipinski definition) is 4. The fourth-order valence-electron chi connectivity index (χ4n) is 0.915. The van der Waals surface area contributed by atoms with Crippen molar-refractivity contribution in [3.63, 3.8) is 0 Å². The minimum atomic E-state index is -1.02. The van der Waals surface area contributed by atoms with E-state index in [4.69, 9.17) is 9.84 Å². The van der Waals surface area contributed by atoms with Crippen molar-refractivity contribution in [2.45, 2.75) is 57.2 Å². The zero-order valence-corrected chi connectivity index (χ0v) is 11.3. The fraction of sp³-hybridized carbons (Fsp3) is 0.833. The Hall–Kier alpha value is -0.210. The first-order valence-corrected chi connectivity index (χ1v) is 5.97. The molecule has 0 heterocycles. The van der Waals surface area contributed by atoms with Gasteiger partial charge in [0.2, 0.25) is 0 Å². The first kappa shape index (κ1) is 15.8. The molecule has 0 radical (unpaired) electrons. The maximum Gasteiger partial charge on any atom is 0.129 e. The molecule has 0 saturated heterocycles. The first-order valence-electron chi connectivity index (χ1n) is 5.45. The summed E-state index contributed by atoms with van der Waals surface area (Å²) in [6.07, 6.45) is -0.132. The molecule has 0 unspecified atom stereocenters. The van der Waals surface area contributed by atoms with E-state index in [2.05, 4.69) is 24.5 Å². The monoisotopic (exact) mass is 246 g/mol. The summed E-state index contributed by atoms with van der Waals surface area (Å²) in [5.74, 6) is 5.56. The van der Waals surface area contributed by atoms with Gasteiger partial charge in [0.25, 0.3) is 0 Å². The summed E-state index contributed by atoms with van der Waals surface area (Å²) >= 11 is 4.28. The molecule has 16 heavy (non-hydrogen) atoms. The number of hydrogen-bond donors (Lipinski definition) is 3. The lowest BCUT2D eigenvalue weighted by atomic mass is 10.1. The highest BCUT2D eigenvalue weighted by Crippen LogP contribution is 2.07. The largest absolute Gasteiger partial charge is 0.393 e. The molecule has 3 atom stereocenters.